The quantitative estimate of drug-likeness (QED) is 0.370. The molecule has 1 aliphatic rings. The highest BCUT2D eigenvalue weighted by Gasteiger charge is 2.29. The normalized spacial score (nSPS) is 12.9. The van der Waals surface area contributed by atoms with Gasteiger partial charge in [0.15, 0.2) is 5.13 Å². The molecule has 2 aromatic carbocycles. The van der Waals surface area contributed by atoms with E-state index in [0.717, 1.165) is 22.3 Å². The summed E-state index contributed by atoms with van der Waals surface area (Å²) < 4.78 is 5.52. The highest BCUT2D eigenvalue weighted by Crippen LogP contribution is 2.44. The third kappa shape index (κ3) is 6.01. The van der Waals surface area contributed by atoms with E-state index in [0.29, 0.717) is 23.0 Å². The monoisotopic (exact) mass is 511 g/mol. The molecule has 0 spiro atoms. The number of benzene rings is 2. The van der Waals surface area contributed by atoms with E-state index in [-0.39, 0.29) is 18.9 Å². The van der Waals surface area contributed by atoms with Crippen LogP contribution in [0, 0.1) is 0 Å². The lowest BCUT2D eigenvalue weighted by molar-refractivity contribution is -0.141. The Morgan fingerprint density at radius 2 is 1.77 bits per heavy atom. The van der Waals surface area contributed by atoms with Gasteiger partial charge in [0.2, 0.25) is 5.91 Å². The summed E-state index contributed by atoms with van der Waals surface area (Å²) in [6.07, 6.45) is 1.52. The Morgan fingerprint density at radius 1 is 1.11 bits per heavy atom. The second-order valence-electron chi connectivity index (χ2n) is 8.01. The van der Waals surface area contributed by atoms with Crippen LogP contribution in [0.2, 0.25) is 0 Å². The molecule has 0 bridgehead atoms. The molecule has 4 rings (SSSR count). The lowest BCUT2D eigenvalue weighted by atomic mass is 9.98. The molecule has 0 saturated carbocycles. The number of aliphatic carboxylic acids is 1. The second kappa shape index (κ2) is 11.4. The molecule has 0 unspecified atom stereocenters. The highest BCUT2D eigenvalue weighted by molar-refractivity contribution is 7.98. The molecule has 0 radical (unpaired) electrons. The maximum Gasteiger partial charge on any atom is 0.413 e. The number of anilines is 1. The summed E-state index contributed by atoms with van der Waals surface area (Å²) in [7, 11) is 0. The number of carbonyl (C=O) groups is 3. The van der Waals surface area contributed by atoms with E-state index in [9.17, 15) is 19.5 Å². The van der Waals surface area contributed by atoms with Gasteiger partial charge >= 0.3 is 12.1 Å². The second-order valence-corrected chi connectivity index (χ2v) is 9.85. The van der Waals surface area contributed by atoms with Crippen molar-refractivity contribution in [2.24, 2.45) is 0 Å². The van der Waals surface area contributed by atoms with Crippen molar-refractivity contribution in [1.82, 2.24) is 10.3 Å². The lowest BCUT2D eigenvalue weighted by Crippen LogP contribution is -2.41. The Morgan fingerprint density at radius 3 is 2.40 bits per heavy atom. The van der Waals surface area contributed by atoms with Gasteiger partial charge in [0, 0.05) is 11.3 Å². The molecular formula is C25H25N3O5S2. The number of nitrogens with zero attached hydrogens (tertiary/aromatic N) is 1. The molecule has 182 valence electrons. The highest BCUT2D eigenvalue weighted by atomic mass is 32.2. The van der Waals surface area contributed by atoms with Crippen LogP contribution in [0.4, 0.5) is 9.93 Å². The number of thioether (sulfide) groups is 1. The molecule has 3 N–H and O–H groups in total. The first kappa shape index (κ1) is 24.7. The number of thiazole rings is 1. The number of hydrogen-bond acceptors (Lipinski definition) is 7. The van der Waals surface area contributed by atoms with Crippen LogP contribution in [0.3, 0.4) is 0 Å². The number of carboxylic acids is 1. The third-order valence-electron chi connectivity index (χ3n) is 5.69. The number of hydrogen-bond donors (Lipinski definition) is 3. The van der Waals surface area contributed by atoms with E-state index in [1.165, 1.54) is 23.1 Å². The van der Waals surface area contributed by atoms with E-state index in [4.69, 9.17) is 4.74 Å². The summed E-state index contributed by atoms with van der Waals surface area (Å²) in [6.45, 7) is 0.188. The number of carboxylic acid groups (broad SMARTS) is 1. The summed E-state index contributed by atoms with van der Waals surface area (Å²) in [4.78, 5) is 40.2. The number of aromatic nitrogens is 1. The van der Waals surface area contributed by atoms with E-state index >= 15 is 0 Å². The van der Waals surface area contributed by atoms with Crippen LogP contribution in [0.5, 0.6) is 0 Å². The van der Waals surface area contributed by atoms with Crippen LogP contribution in [-0.2, 0) is 20.7 Å². The average molecular weight is 512 g/mol. The SMILES string of the molecule is CSCC[C@@H](NC(=O)Cc1csc(NC(=O)OCC2c3ccccc3-c3ccccc32)n1)C(=O)O. The van der Waals surface area contributed by atoms with Gasteiger partial charge < -0.3 is 15.2 Å². The molecule has 1 heterocycles. The molecule has 1 aromatic heterocycles. The van der Waals surface area contributed by atoms with Crippen LogP contribution >= 0.6 is 23.1 Å². The Balaban J connectivity index is 1.30. The van der Waals surface area contributed by atoms with Crippen LogP contribution in [0.15, 0.2) is 53.9 Å². The molecule has 2 amide bonds. The molecule has 0 aliphatic heterocycles. The van der Waals surface area contributed by atoms with Crippen LogP contribution in [0.1, 0.15) is 29.2 Å². The minimum Gasteiger partial charge on any atom is -0.480 e. The van der Waals surface area contributed by atoms with Gasteiger partial charge in [-0.25, -0.2) is 14.6 Å². The summed E-state index contributed by atoms with van der Waals surface area (Å²) in [6, 6.07) is 15.3. The molecule has 0 fully saturated rings. The number of rotatable bonds is 10. The van der Waals surface area contributed by atoms with Gasteiger partial charge in [0.25, 0.3) is 0 Å². The molecule has 1 aliphatic carbocycles. The Labute approximate surface area is 211 Å². The Hall–Kier alpha value is -3.37. The Kier molecular flexibility index (Phi) is 8.04. The van der Waals surface area contributed by atoms with Crippen LogP contribution in [0.25, 0.3) is 11.1 Å². The largest absolute Gasteiger partial charge is 0.480 e. The molecule has 10 heteroatoms. The van der Waals surface area contributed by atoms with Crippen molar-refractivity contribution < 1.29 is 24.2 Å². The van der Waals surface area contributed by atoms with Gasteiger partial charge in [-0.05, 0) is 40.7 Å². The predicted molar refractivity (Wildman–Crippen MR) is 137 cm³/mol. The fraction of sp³-hybridized carbons (Fsp3) is 0.280. The number of fused-ring (bicyclic) bond motifs is 3. The zero-order valence-electron chi connectivity index (χ0n) is 19.0. The first-order valence-electron chi connectivity index (χ1n) is 11.0. The molecule has 35 heavy (non-hydrogen) atoms. The van der Waals surface area contributed by atoms with Crippen molar-refractivity contribution in [1.29, 1.82) is 0 Å². The van der Waals surface area contributed by atoms with Crippen molar-refractivity contribution in [3.63, 3.8) is 0 Å². The fourth-order valence-corrected chi connectivity index (χ4v) is 5.24. The number of carbonyl (C=O) groups excluding carboxylic acids is 2. The van der Waals surface area contributed by atoms with Crippen molar-refractivity contribution >= 4 is 46.2 Å². The lowest BCUT2D eigenvalue weighted by Gasteiger charge is -2.14. The number of nitrogens with one attached hydrogen (secondary N) is 2. The van der Waals surface area contributed by atoms with E-state index in [1.807, 2.05) is 30.5 Å². The van der Waals surface area contributed by atoms with Crippen molar-refractivity contribution in [2.75, 3.05) is 23.9 Å². The molecule has 0 saturated heterocycles. The topological polar surface area (TPSA) is 118 Å². The molecule has 3 aromatic rings. The van der Waals surface area contributed by atoms with E-state index < -0.39 is 24.0 Å². The van der Waals surface area contributed by atoms with Gasteiger partial charge in [-0.2, -0.15) is 11.8 Å². The zero-order valence-corrected chi connectivity index (χ0v) is 20.7. The third-order valence-corrected chi connectivity index (χ3v) is 7.14. The number of amides is 2. The van der Waals surface area contributed by atoms with Crippen LogP contribution < -0.4 is 10.6 Å². The summed E-state index contributed by atoms with van der Waals surface area (Å²) >= 11 is 2.69. The first-order valence-corrected chi connectivity index (χ1v) is 13.3. The predicted octanol–water partition coefficient (Wildman–Crippen LogP) is 4.37. The summed E-state index contributed by atoms with van der Waals surface area (Å²) in [5, 5.41) is 16.3. The van der Waals surface area contributed by atoms with Gasteiger partial charge in [-0.3, -0.25) is 10.1 Å². The van der Waals surface area contributed by atoms with Gasteiger partial charge in [-0.1, -0.05) is 48.5 Å². The van der Waals surface area contributed by atoms with Crippen molar-refractivity contribution in [3.8, 4) is 11.1 Å². The average Bonchev–Trinajstić information content (AvgIpc) is 3.41. The standard InChI is InChI=1S/C25H25N3O5S2/c1-34-11-10-21(23(30)31)27-22(29)12-15-14-35-24(26-15)28-25(32)33-13-20-18-8-4-2-6-16(18)17-7-3-5-9-19(17)20/h2-9,14,20-21H,10-13H2,1H3,(H,27,29)(H,30,31)(H,26,28,32)/t21-/m1/s1. The first-order chi connectivity index (χ1) is 17.0. The van der Waals surface area contributed by atoms with Crippen molar-refractivity contribution in [3.05, 3.63) is 70.7 Å². The summed E-state index contributed by atoms with van der Waals surface area (Å²) in [5.41, 5.74) is 5.00. The maximum atomic E-state index is 12.4. The van der Waals surface area contributed by atoms with E-state index in [1.54, 1.807) is 5.38 Å². The fourth-order valence-electron chi connectivity index (χ4n) is 4.07. The minimum absolute atomic E-state index is 0.0445. The minimum atomic E-state index is -1.07. The Bertz CT molecular complexity index is 1180. The van der Waals surface area contributed by atoms with Crippen molar-refractivity contribution in [2.45, 2.75) is 24.8 Å². The molecule has 1 atom stereocenters. The van der Waals surface area contributed by atoms with Gasteiger partial charge in [0.1, 0.15) is 12.6 Å². The summed E-state index contributed by atoms with van der Waals surface area (Å²) in [5.74, 6) is -0.918. The maximum absolute atomic E-state index is 12.4. The zero-order chi connectivity index (χ0) is 24.8. The van der Waals surface area contributed by atoms with Crippen LogP contribution in [-0.4, -0.2) is 52.7 Å². The molecular weight excluding hydrogens is 486 g/mol. The van der Waals surface area contributed by atoms with E-state index in [2.05, 4.69) is 39.9 Å². The smallest absolute Gasteiger partial charge is 0.413 e. The van der Waals surface area contributed by atoms with Gasteiger partial charge in [-0.15, -0.1) is 11.3 Å². The van der Waals surface area contributed by atoms with Gasteiger partial charge in [0.05, 0.1) is 12.1 Å². The molecule has 8 nitrogen and oxygen atoms in total. The number of ether oxygens (including phenoxy) is 1.